The fraction of sp³-hybridized carbons (Fsp3) is 0.235. The molecule has 1 fully saturated rings. The van der Waals surface area contributed by atoms with Gasteiger partial charge in [0.25, 0.3) is 11.2 Å². The van der Waals surface area contributed by atoms with Crippen LogP contribution in [0.3, 0.4) is 0 Å². The number of anilines is 1. The Morgan fingerprint density at radius 2 is 2.15 bits per heavy atom. The summed E-state index contributed by atoms with van der Waals surface area (Å²) in [6, 6.07) is 7.26. The van der Waals surface area contributed by atoms with E-state index < -0.39 is 16.4 Å². The van der Waals surface area contributed by atoms with Gasteiger partial charge in [0.05, 0.1) is 11.1 Å². The van der Waals surface area contributed by atoms with E-state index in [2.05, 4.69) is 10.3 Å². The van der Waals surface area contributed by atoms with Crippen molar-refractivity contribution in [2.45, 2.75) is 25.3 Å². The zero-order valence-electron chi connectivity index (χ0n) is 13.5. The summed E-state index contributed by atoms with van der Waals surface area (Å²) in [4.78, 5) is 38.6. The van der Waals surface area contributed by atoms with Crippen molar-refractivity contribution in [1.82, 2.24) is 9.55 Å². The van der Waals surface area contributed by atoms with Gasteiger partial charge in [0, 0.05) is 23.7 Å². The van der Waals surface area contributed by atoms with Gasteiger partial charge < -0.3 is 9.73 Å². The maximum atomic E-state index is 12.2. The number of benzene rings is 1. The normalized spacial score (nSPS) is 13.7. The molecule has 2 aromatic heterocycles. The summed E-state index contributed by atoms with van der Waals surface area (Å²) in [5, 5.41) is 13.5. The number of nitrogens with zero attached hydrogens (tertiary/aromatic N) is 3. The highest BCUT2D eigenvalue weighted by Gasteiger charge is 2.28. The van der Waals surface area contributed by atoms with Gasteiger partial charge in [-0.25, -0.2) is 4.98 Å². The summed E-state index contributed by atoms with van der Waals surface area (Å²) in [6.45, 7) is -0.329. The number of hydrogen-bond acceptors (Lipinski definition) is 6. The molecule has 1 aliphatic carbocycles. The minimum atomic E-state index is -0.621. The third-order valence-corrected chi connectivity index (χ3v) is 4.11. The fourth-order valence-electron chi connectivity index (χ4n) is 2.63. The molecule has 1 aliphatic rings. The zero-order chi connectivity index (χ0) is 18.3. The maximum absolute atomic E-state index is 12.2. The number of rotatable bonds is 5. The SMILES string of the molecule is O=C(Cn1cc([N+](=O)[O-])ccc1=O)Nc1ccc2oc(C3CC3)nc2c1. The Morgan fingerprint density at radius 1 is 1.35 bits per heavy atom. The monoisotopic (exact) mass is 354 g/mol. The number of carbonyl (C=O) groups is 1. The van der Waals surface area contributed by atoms with Gasteiger partial charge in [0.15, 0.2) is 11.5 Å². The van der Waals surface area contributed by atoms with E-state index in [1.807, 2.05) is 0 Å². The average molecular weight is 354 g/mol. The molecule has 4 rings (SSSR count). The van der Waals surface area contributed by atoms with E-state index in [4.69, 9.17) is 4.42 Å². The third kappa shape index (κ3) is 3.18. The predicted molar refractivity (Wildman–Crippen MR) is 92.0 cm³/mol. The largest absolute Gasteiger partial charge is 0.440 e. The number of hydrogen-bond donors (Lipinski definition) is 1. The number of oxazole rings is 1. The number of amides is 1. The number of nitrogens with one attached hydrogen (secondary N) is 1. The second-order valence-corrected chi connectivity index (χ2v) is 6.17. The molecular weight excluding hydrogens is 340 g/mol. The molecule has 1 N–H and O–H groups in total. The number of carbonyl (C=O) groups excluding carboxylic acids is 1. The minimum absolute atomic E-state index is 0.256. The van der Waals surface area contributed by atoms with Gasteiger partial charge in [-0.3, -0.25) is 24.3 Å². The summed E-state index contributed by atoms with van der Waals surface area (Å²) in [7, 11) is 0. The number of pyridine rings is 1. The van der Waals surface area contributed by atoms with E-state index in [1.165, 1.54) is 0 Å². The smallest absolute Gasteiger partial charge is 0.285 e. The topological polar surface area (TPSA) is 120 Å². The third-order valence-electron chi connectivity index (χ3n) is 4.11. The van der Waals surface area contributed by atoms with Gasteiger partial charge in [-0.2, -0.15) is 0 Å². The summed E-state index contributed by atoms with van der Waals surface area (Å²) < 4.78 is 6.66. The molecule has 0 saturated heterocycles. The molecule has 26 heavy (non-hydrogen) atoms. The summed E-state index contributed by atoms with van der Waals surface area (Å²) >= 11 is 0. The van der Waals surface area contributed by atoms with E-state index in [9.17, 15) is 19.7 Å². The first-order valence-electron chi connectivity index (χ1n) is 8.05. The Hall–Kier alpha value is -3.49. The molecule has 9 nitrogen and oxygen atoms in total. The van der Waals surface area contributed by atoms with Crippen LogP contribution in [0.15, 0.2) is 45.7 Å². The Morgan fingerprint density at radius 3 is 2.88 bits per heavy atom. The highest BCUT2D eigenvalue weighted by atomic mass is 16.6. The Bertz CT molecular complexity index is 1080. The van der Waals surface area contributed by atoms with Crippen molar-refractivity contribution in [3.8, 4) is 0 Å². The molecule has 0 aliphatic heterocycles. The first kappa shape index (κ1) is 16.0. The second kappa shape index (κ2) is 6.10. The van der Waals surface area contributed by atoms with E-state index in [1.54, 1.807) is 18.2 Å². The summed E-state index contributed by atoms with van der Waals surface area (Å²) in [5.41, 5.74) is 1.06. The summed E-state index contributed by atoms with van der Waals surface area (Å²) in [5.74, 6) is 0.630. The zero-order valence-corrected chi connectivity index (χ0v) is 13.5. The molecule has 132 valence electrons. The van der Waals surface area contributed by atoms with Crippen LogP contribution in [0, 0.1) is 10.1 Å². The number of aromatic nitrogens is 2. The van der Waals surface area contributed by atoms with Crippen LogP contribution in [-0.4, -0.2) is 20.4 Å². The lowest BCUT2D eigenvalue weighted by atomic mass is 10.3. The average Bonchev–Trinajstić information content (AvgIpc) is 3.36. The first-order chi connectivity index (χ1) is 12.5. The van der Waals surface area contributed by atoms with Crippen molar-refractivity contribution in [3.05, 3.63) is 62.9 Å². The van der Waals surface area contributed by atoms with Crippen molar-refractivity contribution in [1.29, 1.82) is 0 Å². The van der Waals surface area contributed by atoms with Gasteiger partial charge in [-0.15, -0.1) is 0 Å². The quantitative estimate of drug-likeness (QED) is 0.555. The highest BCUT2D eigenvalue weighted by molar-refractivity contribution is 5.92. The first-order valence-corrected chi connectivity index (χ1v) is 8.05. The van der Waals surface area contributed by atoms with Crippen LogP contribution in [0.1, 0.15) is 24.7 Å². The minimum Gasteiger partial charge on any atom is -0.440 e. The lowest BCUT2D eigenvalue weighted by Crippen LogP contribution is -2.26. The van der Waals surface area contributed by atoms with Crippen LogP contribution >= 0.6 is 0 Å². The standard InChI is InChI=1S/C17H14N4O5/c22-15(9-20-8-12(21(24)25)4-6-16(20)23)18-11-3-5-14-13(7-11)19-17(26-14)10-1-2-10/h3-8,10H,1-2,9H2,(H,18,22). The second-order valence-electron chi connectivity index (χ2n) is 6.17. The molecule has 2 heterocycles. The molecule has 1 aromatic carbocycles. The van der Waals surface area contributed by atoms with Gasteiger partial charge in [0.1, 0.15) is 12.1 Å². The molecule has 0 unspecified atom stereocenters. The Kier molecular flexibility index (Phi) is 3.76. The van der Waals surface area contributed by atoms with Crippen LogP contribution in [0.2, 0.25) is 0 Å². The molecule has 3 aromatic rings. The van der Waals surface area contributed by atoms with Gasteiger partial charge >= 0.3 is 0 Å². The lowest BCUT2D eigenvalue weighted by Gasteiger charge is -2.07. The van der Waals surface area contributed by atoms with Crippen LogP contribution in [-0.2, 0) is 11.3 Å². The van der Waals surface area contributed by atoms with Crippen molar-refractivity contribution in [2.75, 3.05) is 5.32 Å². The van der Waals surface area contributed by atoms with Crippen LogP contribution in [0.4, 0.5) is 11.4 Å². The Balaban J connectivity index is 1.51. The molecule has 1 amide bonds. The van der Waals surface area contributed by atoms with E-state index in [-0.39, 0.29) is 12.2 Å². The van der Waals surface area contributed by atoms with Gasteiger partial charge in [-0.05, 0) is 31.0 Å². The molecular formula is C17H14N4O5. The fourth-order valence-corrected chi connectivity index (χ4v) is 2.63. The maximum Gasteiger partial charge on any atom is 0.285 e. The Labute approximate surface area is 146 Å². The molecule has 0 atom stereocenters. The van der Waals surface area contributed by atoms with Crippen molar-refractivity contribution < 1.29 is 14.1 Å². The van der Waals surface area contributed by atoms with Crippen LogP contribution in [0.5, 0.6) is 0 Å². The number of fused-ring (bicyclic) bond motifs is 1. The van der Waals surface area contributed by atoms with Gasteiger partial charge in [-0.1, -0.05) is 0 Å². The van der Waals surface area contributed by atoms with Gasteiger partial charge in [0.2, 0.25) is 5.91 Å². The molecule has 0 radical (unpaired) electrons. The van der Waals surface area contributed by atoms with E-state index >= 15 is 0 Å². The number of nitro groups is 1. The van der Waals surface area contributed by atoms with Crippen molar-refractivity contribution in [3.63, 3.8) is 0 Å². The molecule has 0 spiro atoms. The highest BCUT2D eigenvalue weighted by Crippen LogP contribution is 2.40. The van der Waals surface area contributed by atoms with Crippen LogP contribution < -0.4 is 10.9 Å². The van der Waals surface area contributed by atoms with E-state index in [0.29, 0.717) is 28.6 Å². The summed E-state index contributed by atoms with van der Waals surface area (Å²) in [6.07, 6.45) is 3.20. The molecule has 1 saturated carbocycles. The van der Waals surface area contributed by atoms with Crippen molar-refractivity contribution >= 4 is 28.4 Å². The van der Waals surface area contributed by atoms with Crippen molar-refractivity contribution in [2.24, 2.45) is 0 Å². The molecule has 9 heteroatoms. The lowest BCUT2D eigenvalue weighted by molar-refractivity contribution is -0.385. The predicted octanol–water partition coefficient (Wildman–Crippen LogP) is 2.41. The van der Waals surface area contributed by atoms with Crippen LogP contribution in [0.25, 0.3) is 11.1 Å². The van der Waals surface area contributed by atoms with E-state index in [0.717, 1.165) is 35.7 Å². The molecule has 0 bridgehead atoms.